The second-order valence-corrected chi connectivity index (χ2v) is 8.25. The van der Waals surface area contributed by atoms with Crippen LogP contribution in [0.15, 0.2) is 18.2 Å². The molecule has 130 valence electrons. The molecule has 1 aromatic rings. The third-order valence-corrected chi connectivity index (χ3v) is 6.94. The van der Waals surface area contributed by atoms with Gasteiger partial charge in [-0.15, -0.1) is 0 Å². The van der Waals surface area contributed by atoms with Crippen molar-refractivity contribution in [2.75, 3.05) is 44.4 Å². The Balaban J connectivity index is 1.43. The average Bonchev–Trinajstić information content (AvgIpc) is 3.30. The number of fused-ring (bicyclic) bond motifs is 1. The summed E-state index contributed by atoms with van der Waals surface area (Å²) >= 11 is 2.00. The van der Waals surface area contributed by atoms with Crippen molar-refractivity contribution in [1.82, 2.24) is 10.2 Å². The molecule has 2 heterocycles. The van der Waals surface area contributed by atoms with Gasteiger partial charge in [0.2, 0.25) is 0 Å². The van der Waals surface area contributed by atoms with Crippen molar-refractivity contribution in [3.05, 3.63) is 34.9 Å². The molecule has 1 aliphatic carbocycles. The predicted molar refractivity (Wildman–Crippen MR) is 97.9 cm³/mol. The van der Waals surface area contributed by atoms with E-state index < -0.39 is 0 Å². The van der Waals surface area contributed by atoms with Crippen LogP contribution in [-0.2, 0) is 17.6 Å². The fraction of sp³-hybridized carbons (Fsp3) is 0.632. The summed E-state index contributed by atoms with van der Waals surface area (Å²) in [5.41, 5.74) is 3.71. The molecule has 3 aliphatic rings. The lowest BCUT2D eigenvalue weighted by atomic mass is 9.95. The molecule has 5 heteroatoms. The number of carbonyl (C=O) groups is 1. The first kappa shape index (κ1) is 16.4. The highest BCUT2D eigenvalue weighted by Crippen LogP contribution is 2.33. The van der Waals surface area contributed by atoms with Gasteiger partial charge < -0.3 is 10.1 Å². The molecule has 1 aromatic carbocycles. The van der Waals surface area contributed by atoms with E-state index in [1.807, 2.05) is 17.8 Å². The van der Waals surface area contributed by atoms with Crippen LogP contribution in [0.5, 0.6) is 0 Å². The Kier molecular flexibility index (Phi) is 4.83. The van der Waals surface area contributed by atoms with Crippen molar-refractivity contribution in [3.8, 4) is 0 Å². The second-order valence-electron chi connectivity index (χ2n) is 7.15. The molecule has 0 saturated carbocycles. The van der Waals surface area contributed by atoms with Crippen LogP contribution in [-0.4, -0.2) is 60.7 Å². The van der Waals surface area contributed by atoms with Crippen LogP contribution < -0.4 is 5.32 Å². The smallest absolute Gasteiger partial charge is 0.251 e. The Morgan fingerprint density at radius 3 is 2.88 bits per heavy atom. The highest BCUT2D eigenvalue weighted by Gasteiger charge is 2.40. The fourth-order valence-electron chi connectivity index (χ4n) is 4.19. The van der Waals surface area contributed by atoms with Crippen molar-refractivity contribution in [2.45, 2.75) is 31.2 Å². The molecule has 24 heavy (non-hydrogen) atoms. The van der Waals surface area contributed by atoms with Gasteiger partial charge >= 0.3 is 0 Å². The summed E-state index contributed by atoms with van der Waals surface area (Å²) in [6, 6.07) is 6.23. The van der Waals surface area contributed by atoms with Gasteiger partial charge in [-0.1, -0.05) is 6.07 Å². The van der Waals surface area contributed by atoms with Gasteiger partial charge in [0.25, 0.3) is 5.91 Å². The number of ether oxygens (including phenoxy) is 1. The molecular weight excluding hydrogens is 320 g/mol. The largest absolute Gasteiger partial charge is 0.379 e. The van der Waals surface area contributed by atoms with Crippen LogP contribution in [0.2, 0.25) is 0 Å². The summed E-state index contributed by atoms with van der Waals surface area (Å²) in [6.07, 6.45) is 4.65. The first-order valence-corrected chi connectivity index (χ1v) is 10.2. The molecule has 2 aliphatic heterocycles. The van der Waals surface area contributed by atoms with Crippen LogP contribution in [0.25, 0.3) is 0 Å². The van der Waals surface area contributed by atoms with E-state index in [1.165, 1.54) is 23.3 Å². The van der Waals surface area contributed by atoms with Crippen LogP contribution in [0.3, 0.4) is 0 Å². The SMILES string of the molecule is O=C(NC[C@@]1(N2CCOCC2)CCSC1)c1ccc2c(c1)CCC2. The summed E-state index contributed by atoms with van der Waals surface area (Å²) in [5, 5.41) is 3.24. The maximum Gasteiger partial charge on any atom is 0.251 e. The summed E-state index contributed by atoms with van der Waals surface area (Å²) in [4.78, 5) is 15.2. The number of rotatable bonds is 4. The number of amides is 1. The number of carbonyl (C=O) groups excluding carboxylic acids is 1. The molecule has 2 fully saturated rings. The highest BCUT2D eigenvalue weighted by atomic mass is 32.2. The van der Waals surface area contributed by atoms with E-state index in [2.05, 4.69) is 22.3 Å². The number of thioether (sulfide) groups is 1. The number of hydrogen-bond acceptors (Lipinski definition) is 4. The van der Waals surface area contributed by atoms with Crippen molar-refractivity contribution < 1.29 is 9.53 Å². The quantitative estimate of drug-likeness (QED) is 0.907. The molecule has 0 aromatic heterocycles. The minimum atomic E-state index is 0.0780. The predicted octanol–water partition coefficient (Wildman–Crippen LogP) is 2.11. The molecule has 1 N–H and O–H groups in total. The minimum absolute atomic E-state index is 0.0780. The number of nitrogens with zero attached hydrogens (tertiary/aromatic N) is 1. The number of nitrogens with one attached hydrogen (secondary N) is 1. The van der Waals surface area contributed by atoms with Gasteiger partial charge in [-0.05, 0) is 54.7 Å². The second kappa shape index (κ2) is 7.06. The summed E-state index contributed by atoms with van der Waals surface area (Å²) < 4.78 is 5.51. The van der Waals surface area contributed by atoms with Gasteiger partial charge in [-0.2, -0.15) is 11.8 Å². The van der Waals surface area contributed by atoms with Gasteiger partial charge in [0.15, 0.2) is 0 Å². The third-order valence-electron chi connectivity index (χ3n) is 5.70. The first-order valence-electron chi connectivity index (χ1n) is 9.07. The lowest BCUT2D eigenvalue weighted by molar-refractivity contribution is -0.0129. The molecule has 2 saturated heterocycles. The summed E-state index contributed by atoms with van der Waals surface area (Å²) in [7, 11) is 0. The van der Waals surface area contributed by atoms with Gasteiger partial charge in [-0.3, -0.25) is 9.69 Å². The Hall–Kier alpha value is -1.04. The minimum Gasteiger partial charge on any atom is -0.379 e. The third kappa shape index (κ3) is 3.22. The number of aryl methyl sites for hydroxylation is 2. The standard InChI is InChI=1S/C19H26N2O2S/c22-18(17-5-4-15-2-1-3-16(15)12-17)20-13-19(6-11-24-14-19)21-7-9-23-10-8-21/h4-5,12H,1-3,6-11,13-14H2,(H,20,22)/t19-/m0/s1. The molecule has 4 nitrogen and oxygen atoms in total. The molecule has 0 unspecified atom stereocenters. The van der Waals surface area contributed by atoms with E-state index >= 15 is 0 Å². The summed E-state index contributed by atoms with van der Waals surface area (Å²) in [6.45, 7) is 4.33. The van der Waals surface area contributed by atoms with E-state index in [0.717, 1.165) is 63.4 Å². The van der Waals surface area contributed by atoms with E-state index in [4.69, 9.17) is 4.74 Å². The molecule has 0 bridgehead atoms. The van der Waals surface area contributed by atoms with Crippen molar-refractivity contribution in [2.24, 2.45) is 0 Å². The fourth-order valence-corrected chi connectivity index (χ4v) is 5.67. The van der Waals surface area contributed by atoms with E-state index in [9.17, 15) is 4.79 Å². The van der Waals surface area contributed by atoms with E-state index in [1.54, 1.807) is 0 Å². The summed E-state index contributed by atoms with van der Waals surface area (Å²) in [5.74, 6) is 2.37. The zero-order chi connectivity index (χ0) is 16.4. The van der Waals surface area contributed by atoms with Crippen LogP contribution in [0, 0.1) is 0 Å². The zero-order valence-electron chi connectivity index (χ0n) is 14.2. The van der Waals surface area contributed by atoms with Crippen LogP contribution >= 0.6 is 11.8 Å². The van der Waals surface area contributed by atoms with Crippen molar-refractivity contribution in [1.29, 1.82) is 0 Å². The molecule has 0 radical (unpaired) electrons. The Morgan fingerprint density at radius 2 is 2.08 bits per heavy atom. The van der Waals surface area contributed by atoms with Crippen LogP contribution in [0.1, 0.15) is 34.3 Å². The van der Waals surface area contributed by atoms with Crippen LogP contribution in [0.4, 0.5) is 0 Å². The Labute approximate surface area is 148 Å². The highest BCUT2D eigenvalue weighted by molar-refractivity contribution is 7.99. The number of benzene rings is 1. The Bertz CT molecular complexity index is 607. The lowest BCUT2D eigenvalue weighted by Crippen LogP contribution is -2.59. The molecule has 0 spiro atoms. The molecule has 4 rings (SSSR count). The van der Waals surface area contributed by atoms with Gasteiger partial charge in [0.1, 0.15) is 0 Å². The monoisotopic (exact) mass is 346 g/mol. The van der Waals surface area contributed by atoms with Crippen molar-refractivity contribution in [3.63, 3.8) is 0 Å². The van der Waals surface area contributed by atoms with Crippen molar-refractivity contribution >= 4 is 17.7 Å². The molecular formula is C19H26N2O2S. The normalized spacial score (nSPS) is 27.2. The molecule has 1 amide bonds. The topological polar surface area (TPSA) is 41.6 Å². The first-order chi connectivity index (χ1) is 11.8. The average molecular weight is 346 g/mol. The number of morpholine rings is 1. The van der Waals surface area contributed by atoms with Gasteiger partial charge in [0, 0.05) is 36.5 Å². The maximum atomic E-state index is 12.7. The number of hydrogen-bond donors (Lipinski definition) is 1. The maximum absolute atomic E-state index is 12.7. The van der Waals surface area contributed by atoms with Gasteiger partial charge in [-0.25, -0.2) is 0 Å². The van der Waals surface area contributed by atoms with E-state index in [0.29, 0.717) is 0 Å². The Morgan fingerprint density at radius 1 is 1.25 bits per heavy atom. The zero-order valence-corrected chi connectivity index (χ0v) is 15.0. The molecule has 1 atom stereocenters. The van der Waals surface area contributed by atoms with E-state index in [-0.39, 0.29) is 11.4 Å². The lowest BCUT2D eigenvalue weighted by Gasteiger charge is -2.43. The van der Waals surface area contributed by atoms with Gasteiger partial charge in [0.05, 0.1) is 13.2 Å².